The van der Waals surface area contributed by atoms with E-state index in [0.717, 1.165) is 30.5 Å². The predicted molar refractivity (Wildman–Crippen MR) is 70.4 cm³/mol. The lowest BCUT2D eigenvalue weighted by atomic mass is 10.0. The van der Waals surface area contributed by atoms with E-state index in [4.69, 9.17) is 10.5 Å². The normalized spacial score (nSPS) is 19.6. The average Bonchev–Trinajstić information content (AvgIpc) is 2.79. The second-order valence-corrected chi connectivity index (χ2v) is 4.66. The Morgan fingerprint density at radius 3 is 3.06 bits per heavy atom. The summed E-state index contributed by atoms with van der Waals surface area (Å²) < 4.78 is 5.15. The Kier molecular flexibility index (Phi) is 3.71. The van der Waals surface area contributed by atoms with Gasteiger partial charge >= 0.3 is 0 Å². The Bertz CT molecular complexity index is 381. The molecule has 2 N–H and O–H groups in total. The second kappa shape index (κ2) is 5.25. The number of ether oxygens (including phenoxy) is 1. The quantitative estimate of drug-likeness (QED) is 0.870. The van der Waals surface area contributed by atoms with Gasteiger partial charge in [-0.2, -0.15) is 4.98 Å². The van der Waals surface area contributed by atoms with E-state index in [-0.39, 0.29) is 0 Å². The van der Waals surface area contributed by atoms with Crippen LogP contribution in [0.4, 0.5) is 11.5 Å². The number of hydrogen-bond acceptors (Lipinski definition) is 4. The molecule has 4 heteroatoms. The van der Waals surface area contributed by atoms with Crippen molar-refractivity contribution in [2.45, 2.75) is 26.2 Å². The molecule has 94 valence electrons. The number of anilines is 2. The fourth-order valence-electron chi connectivity index (χ4n) is 2.48. The van der Waals surface area contributed by atoms with Gasteiger partial charge in [0.2, 0.25) is 5.88 Å². The number of aromatic nitrogens is 1. The lowest BCUT2D eigenvalue weighted by molar-refractivity contribution is 0.398. The molecular formula is C13H21N3O. The topological polar surface area (TPSA) is 51.4 Å². The molecule has 1 unspecified atom stereocenters. The molecule has 0 radical (unpaired) electrons. The largest absolute Gasteiger partial charge is 0.481 e. The average molecular weight is 235 g/mol. The highest BCUT2D eigenvalue weighted by Crippen LogP contribution is 2.30. The molecule has 17 heavy (non-hydrogen) atoms. The monoisotopic (exact) mass is 235 g/mol. The minimum absolute atomic E-state index is 0.633. The first-order valence-corrected chi connectivity index (χ1v) is 6.30. The van der Waals surface area contributed by atoms with E-state index in [1.165, 1.54) is 19.3 Å². The van der Waals surface area contributed by atoms with E-state index in [1.807, 2.05) is 6.07 Å². The molecule has 1 saturated heterocycles. The van der Waals surface area contributed by atoms with E-state index in [9.17, 15) is 0 Å². The molecule has 1 aromatic heterocycles. The van der Waals surface area contributed by atoms with Crippen LogP contribution in [0.3, 0.4) is 0 Å². The first kappa shape index (κ1) is 12.0. The molecule has 1 atom stereocenters. The van der Waals surface area contributed by atoms with Gasteiger partial charge in [0.05, 0.1) is 12.8 Å². The molecule has 0 aliphatic carbocycles. The van der Waals surface area contributed by atoms with Crippen LogP contribution in [0.25, 0.3) is 0 Å². The van der Waals surface area contributed by atoms with Gasteiger partial charge in [0.15, 0.2) is 5.82 Å². The number of rotatable bonds is 4. The summed E-state index contributed by atoms with van der Waals surface area (Å²) in [6.07, 6.45) is 3.78. The summed E-state index contributed by atoms with van der Waals surface area (Å²) in [5.41, 5.74) is 6.72. The third-order valence-electron chi connectivity index (χ3n) is 3.37. The van der Waals surface area contributed by atoms with Crippen LogP contribution >= 0.6 is 0 Å². The van der Waals surface area contributed by atoms with Crippen molar-refractivity contribution in [1.82, 2.24) is 4.98 Å². The van der Waals surface area contributed by atoms with Gasteiger partial charge in [-0.25, -0.2) is 0 Å². The third kappa shape index (κ3) is 2.62. The van der Waals surface area contributed by atoms with E-state index in [0.29, 0.717) is 5.88 Å². The molecule has 0 aromatic carbocycles. The molecule has 1 fully saturated rings. The van der Waals surface area contributed by atoms with Gasteiger partial charge in [-0.1, -0.05) is 13.3 Å². The number of pyridine rings is 1. The highest BCUT2D eigenvalue weighted by atomic mass is 16.5. The summed E-state index contributed by atoms with van der Waals surface area (Å²) >= 11 is 0. The fraction of sp³-hybridized carbons (Fsp3) is 0.615. The van der Waals surface area contributed by atoms with Crippen LogP contribution in [0.1, 0.15) is 26.2 Å². The minimum atomic E-state index is 0.633. The van der Waals surface area contributed by atoms with Gasteiger partial charge < -0.3 is 15.4 Å². The number of methoxy groups -OCH3 is 1. The summed E-state index contributed by atoms with van der Waals surface area (Å²) in [6.45, 7) is 4.36. The van der Waals surface area contributed by atoms with Crippen molar-refractivity contribution >= 4 is 11.5 Å². The van der Waals surface area contributed by atoms with Gasteiger partial charge in [-0.15, -0.1) is 0 Å². The molecular weight excluding hydrogens is 214 g/mol. The van der Waals surface area contributed by atoms with Crippen LogP contribution in [-0.4, -0.2) is 25.2 Å². The van der Waals surface area contributed by atoms with Gasteiger partial charge in [-0.3, -0.25) is 0 Å². The summed E-state index contributed by atoms with van der Waals surface area (Å²) in [5, 5.41) is 0. The maximum atomic E-state index is 5.98. The summed E-state index contributed by atoms with van der Waals surface area (Å²) in [4.78, 5) is 6.72. The molecule has 0 spiro atoms. The van der Waals surface area contributed by atoms with Gasteiger partial charge in [0, 0.05) is 19.2 Å². The molecule has 1 aromatic rings. The molecule has 1 aliphatic rings. The van der Waals surface area contributed by atoms with E-state index in [1.54, 1.807) is 13.2 Å². The zero-order chi connectivity index (χ0) is 12.3. The standard InChI is InChI=1S/C13H21N3O/c1-3-4-10-7-8-16(9-10)13-11(14)5-6-12(15-13)17-2/h5-6,10H,3-4,7-9,14H2,1-2H3. The van der Waals surface area contributed by atoms with E-state index >= 15 is 0 Å². The zero-order valence-electron chi connectivity index (χ0n) is 10.6. The maximum Gasteiger partial charge on any atom is 0.215 e. The minimum Gasteiger partial charge on any atom is -0.481 e. The Hall–Kier alpha value is -1.45. The zero-order valence-corrected chi connectivity index (χ0v) is 10.6. The molecule has 0 bridgehead atoms. The molecule has 2 heterocycles. The van der Waals surface area contributed by atoms with Crippen molar-refractivity contribution in [3.8, 4) is 5.88 Å². The van der Waals surface area contributed by atoms with Crippen LogP contribution in [-0.2, 0) is 0 Å². The van der Waals surface area contributed by atoms with E-state index < -0.39 is 0 Å². The van der Waals surface area contributed by atoms with E-state index in [2.05, 4.69) is 16.8 Å². The van der Waals surface area contributed by atoms with Crippen LogP contribution in [0.2, 0.25) is 0 Å². The van der Waals surface area contributed by atoms with Crippen molar-refractivity contribution in [2.24, 2.45) is 5.92 Å². The first-order chi connectivity index (χ1) is 8.24. The van der Waals surface area contributed by atoms with Gasteiger partial charge in [-0.05, 0) is 24.8 Å². The van der Waals surface area contributed by atoms with Gasteiger partial charge in [0.1, 0.15) is 0 Å². The lowest BCUT2D eigenvalue weighted by Gasteiger charge is -2.19. The molecule has 2 rings (SSSR count). The Labute approximate surface area is 103 Å². The Morgan fingerprint density at radius 2 is 2.35 bits per heavy atom. The fourth-order valence-corrected chi connectivity index (χ4v) is 2.48. The molecule has 0 amide bonds. The van der Waals surface area contributed by atoms with Crippen LogP contribution in [0.5, 0.6) is 5.88 Å². The smallest absolute Gasteiger partial charge is 0.215 e. The van der Waals surface area contributed by atoms with Crippen molar-refractivity contribution in [3.05, 3.63) is 12.1 Å². The van der Waals surface area contributed by atoms with Crippen molar-refractivity contribution in [2.75, 3.05) is 30.8 Å². The summed E-state index contributed by atoms with van der Waals surface area (Å²) in [6, 6.07) is 3.67. The highest BCUT2D eigenvalue weighted by Gasteiger charge is 2.24. The number of nitrogens with two attached hydrogens (primary N) is 1. The third-order valence-corrected chi connectivity index (χ3v) is 3.37. The molecule has 4 nitrogen and oxygen atoms in total. The molecule has 1 aliphatic heterocycles. The van der Waals surface area contributed by atoms with Crippen molar-refractivity contribution in [3.63, 3.8) is 0 Å². The van der Waals surface area contributed by atoms with Crippen molar-refractivity contribution in [1.29, 1.82) is 0 Å². The second-order valence-electron chi connectivity index (χ2n) is 4.66. The lowest BCUT2D eigenvalue weighted by Crippen LogP contribution is -2.22. The number of hydrogen-bond donors (Lipinski definition) is 1. The summed E-state index contributed by atoms with van der Waals surface area (Å²) in [7, 11) is 1.63. The number of nitrogen functional groups attached to an aromatic ring is 1. The van der Waals surface area contributed by atoms with Crippen LogP contribution in [0.15, 0.2) is 12.1 Å². The first-order valence-electron chi connectivity index (χ1n) is 6.30. The summed E-state index contributed by atoms with van der Waals surface area (Å²) in [5.74, 6) is 2.29. The highest BCUT2D eigenvalue weighted by molar-refractivity contribution is 5.64. The Morgan fingerprint density at radius 1 is 1.53 bits per heavy atom. The van der Waals surface area contributed by atoms with Crippen LogP contribution < -0.4 is 15.4 Å². The molecule has 0 saturated carbocycles. The van der Waals surface area contributed by atoms with Crippen molar-refractivity contribution < 1.29 is 4.74 Å². The SMILES string of the molecule is CCCC1CCN(c2nc(OC)ccc2N)C1. The van der Waals surface area contributed by atoms with Gasteiger partial charge in [0.25, 0.3) is 0 Å². The van der Waals surface area contributed by atoms with Crippen LogP contribution in [0, 0.1) is 5.92 Å². The predicted octanol–water partition coefficient (Wildman–Crippen LogP) is 2.30. The Balaban J connectivity index is 2.12. The number of nitrogens with zero attached hydrogens (tertiary/aromatic N) is 2. The maximum absolute atomic E-state index is 5.98.